The molecule has 0 unspecified atom stereocenters. The summed E-state index contributed by atoms with van der Waals surface area (Å²) in [6, 6.07) is 17.0. The van der Waals surface area contributed by atoms with Gasteiger partial charge < -0.3 is 16.0 Å². The van der Waals surface area contributed by atoms with Crippen LogP contribution in [0.4, 0.5) is 10.5 Å². The molecule has 0 bridgehead atoms. The maximum Gasteiger partial charge on any atom is 0.315 e. The predicted octanol–water partition coefficient (Wildman–Crippen LogP) is 4.16. The van der Waals surface area contributed by atoms with Gasteiger partial charge in [0.15, 0.2) is 0 Å². The zero-order chi connectivity index (χ0) is 18.5. The van der Waals surface area contributed by atoms with Crippen LogP contribution >= 0.6 is 0 Å². The molecule has 2 aromatic carbocycles. The summed E-state index contributed by atoms with van der Waals surface area (Å²) in [5, 5.41) is 8.81. The van der Waals surface area contributed by atoms with Crippen LogP contribution in [-0.2, 0) is 4.79 Å². The molecular formula is C21H25N3O2. The molecule has 0 spiro atoms. The Balaban J connectivity index is 1.51. The van der Waals surface area contributed by atoms with Gasteiger partial charge in [-0.25, -0.2) is 4.79 Å². The van der Waals surface area contributed by atoms with Gasteiger partial charge in [-0.3, -0.25) is 4.79 Å². The third kappa shape index (κ3) is 4.85. The summed E-state index contributed by atoms with van der Waals surface area (Å²) in [7, 11) is 0. The van der Waals surface area contributed by atoms with E-state index < -0.39 is 0 Å². The summed E-state index contributed by atoms with van der Waals surface area (Å²) in [4.78, 5) is 24.0. The van der Waals surface area contributed by atoms with E-state index in [1.54, 1.807) is 0 Å². The van der Waals surface area contributed by atoms with E-state index in [2.05, 4.69) is 16.0 Å². The second-order valence-electron chi connectivity index (χ2n) is 6.86. The molecule has 0 aliphatic heterocycles. The molecule has 5 nitrogen and oxygen atoms in total. The molecule has 136 valence electrons. The molecule has 2 aromatic rings. The van der Waals surface area contributed by atoms with Crippen LogP contribution < -0.4 is 16.0 Å². The van der Waals surface area contributed by atoms with Crippen LogP contribution in [0, 0.1) is 5.92 Å². The first-order chi connectivity index (χ1) is 12.5. The van der Waals surface area contributed by atoms with Crippen molar-refractivity contribution in [2.75, 3.05) is 5.32 Å². The van der Waals surface area contributed by atoms with Crippen molar-refractivity contribution in [2.45, 2.75) is 38.8 Å². The second-order valence-corrected chi connectivity index (χ2v) is 6.86. The molecular weight excluding hydrogens is 326 g/mol. The molecule has 2 atom stereocenters. The topological polar surface area (TPSA) is 70.2 Å². The highest BCUT2D eigenvalue weighted by Gasteiger charge is 2.29. The molecule has 0 heterocycles. The first kappa shape index (κ1) is 18.0. The average molecular weight is 351 g/mol. The fourth-order valence-electron chi connectivity index (χ4n) is 2.79. The number of nitrogens with one attached hydrogen (secondary N) is 3. The smallest absolute Gasteiger partial charge is 0.315 e. The van der Waals surface area contributed by atoms with E-state index in [0.717, 1.165) is 29.7 Å². The van der Waals surface area contributed by atoms with Crippen molar-refractivity contribution in [2.24, 2.45) is 5.92 Å². The summed E-state index contributed by atoms with van der Waals surface area (Å²) in [5.74, 6) is 0.281. The largest absolute Gasteiger partial charge is 0.332 e. The second kappa shape index (κ2) is 8.04. The van der Waals surface area contributed by atoms with Gasteiger partial charge in [0, 0.05) is 11.6 Å². The van der Waals surface area contributed by atoms with Crippen molar-refractivity contribution in [1.29, 1.82) is 0 Å². The molecule has 26 heavy (non-hydrogen) atoms. The Kier molecular flexibility index (Phi) is 5.56. The van der Waals surface area contributed by atoms with E-state index in [9.17, 15) is 9.59 Å². The maximum absolute atomic E-state index is 12.2. The van der Waals surface area contributed by atoms with Gasteiger partial charge in [-0.05, 0) is 49.9 Å². The van der Waals surface area contributed by atoms with Crippen molar-refractivity contribution < 1.29 is 9.59 Å². The lowest BCUT2D eigenvalue weighted by molar-refractivity contribution is -0.117. The Bertz CT molecular complexity index is 755. The SMILES string of the molecule is C[C@H](NC(=O)N[C@H](C)c1ccc(NC(=O)C2CC2)cc1)c1ccccc1. The molecule has 1 aliphatic carbocycles. The maximum atomic E-state index is 12.2. The van der Waals surface area contributed by atoms with Gasteiger partial charge in [-0.2, -0.15) is 0 Å². The predicted molar refractivity (Wildman–Crippen MR) is 103 cm³/mol. The fourth-order valence-corrected chi connectivity index (χ4v) is 2.79. The zero-order valence-electron chi connectivity index (χ0n) is 15.2. The number of amides is 3. The number of carbonyl (C=O) groups is 2. The van der Waals surface area contributed by atoms with Crippen LogP contribution in [0.5, 0.6) is 0 Å². The number of benzene rings is 2. The third-order valence-corrected chi connectivity index (χ3v) is 4.62. The highest BCUT2D eigenvalue weighted by Crippen LogP contribution is 2.30. The van der Waals surface area contributed by atoms with Gasteiger partial charge in [-0.1, -0.05) is 42.5 Å². The summed E-state index contributed by atoms with van der Waals surface area (Å²) in [6.45, 7) is 3.89. The molecule has 3 N–H and O–H groups in total. The molecule has 3 amide bonds. The van der Waals surface area contributed by atoms with Crippen molar-refractivity contribution in [3.05, 3.63) is 65.7 Å². The van der Waals surface area contributed by atoms with E-state index in [-0.39, 0.29) is 29.9 Å². The number of rotatable bonds is 6. The molecule has 0 aromatic heterocycles. The van der Waals surface area contributed by atoms with Crippen LogP contribution in [-0.4, -0.2) is 11.9 Å². The number of hydrogen-bond donors (Lipinski definition) is 3. The van der Waals surface area contributed by atoms with Crippen LogP contribution in [0.15, 0.2) is 54.6 Å². The zero-order valence-corrected chi connectivity index (χ0v) is 15.2. The van der Waals surface area contributed by atoms with Gasteiger partial charge in [0.25, 0.3) is 0 Å². The summed E-state index contributed by atoms with van der Waals surface area (Å²) < 4.78 is 0. The van der Waals surface area contributed by atoms with Crippen molar-refractivity contribution in [1.82, 2.24) is 10.6 Å². The fraction of sp³-hybridized carbons (Fsp3) is 0.333. The lowest BCUT2D eigenvalue weighted by Gasteiger charge is -2.19. The minimum Gasteiger partial charge on any atom is -0.332 e. The Morgan fingerprint density at radius 2 is 1.38 bits per heavy atom. The van der Waals surface area contributed by atoms with E-state index in [1.807, 2.05) is 68.4 Å². The van der Waals surface area contributed by atoms with Gasteiger partial charge in [0.05, 0.1) is 12.1 Å². The normalized spacial score (nSPS) is 15.6. The Morgan fingerprint density at radius 3 is 1.92 bits per heavy atom. The molecule has 1 aliphatic rings. The molecule has 5 heteroatoms. The van der Waals surface area contributed by atoms with Crippen molar-refractivity contribution in [3.63, 3.8) is 0 Å². The first-order valence-corrected chi connectivity index (χ1v) is 9.05. The molecule has 0 saturated heterocycles. The van der Waals surface area contributed by atoms with Crippen LogP contribution in [0.3, 0.4) is 0 Å². The number of urea groups is 1. The number of carbonyl (C=O) groups excluding carboxylic acids is 2. The first-order valence-electron chi connectivity index (χ1n) is 9.05. The molecule has 0 radical (unpaired) electrons. The van der Waals surface area contributed by atoms with Gasteiger partial charge in [0.2, 0.25) is 5.91 Å². The summed E-state index contributed by atoms with van der Waals surface area (Å²) in [5.41, 5.74) is 2.84. The van der Waals surface area contributed by atoms with Gasteiger partial charge in [0.1, 0.15) is 0 Å². The van der Waals surface area contributed by atoms with E-state index in [0.29, 0.717) is 0 Å². The van der Waals surface area contributed by atoms with Crippen molar-refractivity contribution >= 4 is 17.6 Å². The highest BCUT2D eigenvalue weighted by atomic mass is 16.2. The molecule has 1 fully saturated rings. The molecule has 3 rings (SSSR count). The van der Waals surface area contributed by atoms with E-state index >= 15 is 0 Å². The van der Waals surface area contributed by atoms with Crippen LogP contribution in [0.2, 0.25) is 0 Å². The van der Waals surface area contributed by atoms with Crippen LogP contribution in [0.25, 0.3) is 0 Å². The lowest BCUT2D eigenvalue weighted by atomic mass is 10.1. The lowest BCUT2D eigenvalue weighted by Crippen LogP contribution is -2.38. The Morgan fingerprint density at radius 1 is 0.846 bits per heavy atom. The standard InChI is InChI=1S/C21H25N3O2/c1-14(16-6-4-3-5-7-16)22-21(26)23-15(2)17-10-12-19(13-11-17)24-20(25)18-8-9-18/h3-7,10-15,18H,8-9H2,1-2H3,(H,24,25)(H2,22,23,26)/t14-,15+/m0/s1. The summed E-state index contributed by atoms with van der Waals surface area (Å²) >= 11 is 0. The Labute approximate surface area is 154 Å². The van der Waals surface area contributed by atoms with Crippen LogP contribution in [0.1, 0.15) is 49.9 Å². The van der Waals surface area contributed by atoms with E-state index in [4.69, 9.17) is 0 Å². The minimum absolute atomic E-state index is 0.0663. The van der Waals surface area contributed by atoms with Crippen molar-refractivity contribution in [3.8, 4) is 0 Å². The molecule has 1 saturated carbocycles. The monoisotopic (exact) mass is 351 g/mol. The van der Waals surface area contributed by atoms with Gasteiger partial charge >= 0.3 is 6.03 Å². The highest BCUT2D eigenvalue weighted by molar-refractivity contribution is 5.94. The summed E-state index contributed by atoms with van der Waals surface area (Å²) in [6.07, 6.45) is 1.97. The quantitative estimate of drug-likeness (QED) is 0.731. The van der Waals surface area contributed by atoms with E-state index in [1.165, 1.54) is 0 Å². The Hall–Kier alpha value is -2.82. The number of hydrogen-bond acceptors (Lipinski definition) is 2. The van der Waals surface area contributed by atoms with Gasteiger partial charge in [-0.15, -0.1) is 0 Å². The third-order valence-electron chi connectivity index (χ3n) is 4.62. The number of anilines is 1. The average Bonchev–Trinajstić information content (AvgIpc) is 3.48. The minimum atomic E-state index is -0.208.